The molecule has 0 atom stereocenters. The maximum atomic E-state index is 6.23. The minimum absolute atomic E-state index is 0.261. The lowest BCUT2D eigenvalue weighted by Gasteiger charge is -2.36. The molecule has 0 unspecified atom stereocenters. The lowest BCUT2D eigenvalue weighted by Crippen LogP contribution is -2.51. The fraction of sp³-hybridized carbons (Fsp3) is 0.280. The van der Waals surface area contributed by atoms with Crippen LogP contribution in [-0.2, 0) is 13.0 Å². The van der Waals surface area contributed by atoms with E-state index in [0.717, 1.165) is 51.5 Å². The predicted octanol–water partition coefficient (Wildman–Crippen LogP) is 2.36. The molecule has 2 aliphatic heterocycles. The van der Waals surface area contributed by atoms with Crippen molar-refractivity contribution in [3.63, 3.8) is 0 Å². The molecule has 1 fully saturated rings. The molecule has 0 bridgehead atoms. The Labute approximate surface area is 205 Å². The number of piperazine rings is 1. The third-order valence-corrected chi connectivity index (χ3v) is 6.65. The zero-order valence-electron chi connectivity index (χ0n) is 19.0. The maximum Gasteiger partial charge on any atom is 0.189 e. The van der Waals surface area contributed by atoms with Gasteiger partial charge in [-0.15, -0.1) is 0 Å². The van der Waals surface area contributed by atoms with E-state index in [0.29, 0.717) is 10.8 Å². The minimum atomic E-state index is 0.261. The summed E-state index contributed by atoms with van der Waals surface area (Å²) in [6.07, 6.45) is 4.39. The minimum Gasteiger partial charge on any atom is -0.380 e. The van der Waals surface area contributed by atoms with Crippen LogP contribution in [0, 0.1) is 0 Å². The number of fused-ring (bicyclic) bond motifs is 1. The van der Waals surface area contributed by atoms with Crippen LogP contribution in [-0.4, -0.2) is 58.5 Å². The van der Waals surface area contributed by atoms with E-state index >= 15 is 0 Å². The standard InChI is InChI=1S/C25H28N8S/c26-24(29-30-25(34)32-14-12-31(13-15-32)21-8-2-1-3-9-21)22-16-27-17-23(28-22)33-11-10-19-6-4-5-7-20(19)18-33/h1-9,16-17H,10-15,18H2,(H2,26,29)(H,30,34). The topological polar surface area (TPSA) is 85.9 Å². The number of hydrogen-bond acceptors (Lipinski definition) is 6. The van der Waals surface area contributed by atoms with Crippen molar-refractivity contribution in [1.29, 1.82) is 0 Å². The van der Waals surface area contributed by atoms with E-state index < -0.39 is 0 Å². The van der Waals surface area contributed by atoms with Crippen LogP contribution in [0.5, 0.6) is 0 Å². The zero-order chi connectivity index (χ0) is 23.3. The number of anilines is 2. The summed E-state index contributed by atoms with van der Waals surface area (Å²) in [7, 11) is 0. The Balaban J connectivity index is 1.18. The molecule has 1 aromatic heterocycles. The molecular formula is C25H28N8S. The Morgan fingerprint density at radius 1 is 0.882 bits per heavy atom. The summed E-state index contributed by atoms with van der Waals surface area (Å²) in [6, 6.07) is 18.9. The molecule has 0 spiro atoms. The van der Waals surface area contributed by atoms with Gasteiger partial charge in [-0.3, -0.25) is 10.4 Å². The van der Waals surface area contributed by atoms with Gasteiger partial charge in [-0.05, 0) is 41.9 Å². The number of nitrogens with zero attached hydrogens (tertiary/aromatic N) is 6. The SMILES string of the molecule is N/C(=N/NC(=S)N1CCN(c2ccccc2)CC1)c1cncc(N2CCc3ccccc3C2)n1. The molecule has 9 heteroatoms. The molecule has 3 heterocycles. The van der Waals surface area contributed by atoms with Crippen molar-refractivity contribution in [2.45, 2.75) is 13.0 Å². The number of nitrogens with one attached hydrogen (secondary N) is 1. The predicted molar refractivity (Wildman–Crippen MR) is 140 cm³/mol. The van der Waals surface area contributed by atoms with Gasteiger partial charge in [0.25, 0.3) is 0 Å². The van der Waals surface area contributed by atoms with Gasteiger partial charge in [0.05, 0.1) is 12.4 Å². The van der Waals surface area contributed by atoms with Gasteiger partial charge in [0.15, 0.2) is 10.9 Å². The van der Waals surface area contributed by atoms with Gasteiger partial charge in [0, 0.05) is 45.0 Å². The van der Waals surface area contributed by atoms with E-state index in [-0.39, 0.29) is 5.84 Å². The fourth-order valence-corrected chi connectivity index (χ4v) is 4.59. The Morgan fingerprint density at radius 3 is 2.41 bits per heavy atom. The summed E-state index contributed by atoms with van der Waals surface area (Å²) >= 11 is 5.55. The fourth-order valence-electron chi connectivity index (χ4n) is 4.37. The third kappa shape index (κ3) is 4.94. The Morgan fingerprint density at radius 2 is 1.62 bits per heavy atom. The zero-order valence-corrected chi connectivity index (χ0v) is 19.8. The van der Waals surface area contributed by atoms with Crippen LogP contribution in [0.15, 0.2) is 72.1 Å². The summed E-state index contributed by atoms with van der Waals surface area (Å²) in [5.74, 6) is 1.06. The molecule has 0 amide bonds. The summed E-state index contributed by atoms with van der Waals surface area (Å²) in [5.41, 5.74) is 13.6. The van der Waals surface area contributed by atoms with E-state index in [4.69, 9.17) is 22.9 Å². The molecule has 0 saturated carbocycles. The Bertz CT molecular complexity index is 1170. The molecule has 174 valence electrons. The number of amidine groups is 1. The highest BCUT2D eigenvalue weighted by molar-refractivity contribution is 7.80. The van der Waals surface area contributed by atoms with Gasteiger partial charge in [-0.2, -0.15) is 5.10 Å². The van der Waals surface area contributed by atoms with Gasteiger partial charge in [-0.1, -0.05) is 42.5 Å². The molecule has 34 heavy (non-hydrogen) atoms. The van der Waals surface area contributed by atoms with Crippen LogP contribution in [0.3, 0.4) is 0 Å². The second-order valence-corrected chi connectivity index (χ2v) is 8.81. The van der Waals surface area contributed by atoms with Crippen molar-refractivity contribution in [2.75, 3.05) is 42.5 Å². The van der Waals surface area contributed by atoms with Crippen LogP contribution in [0.25, 0.3) is 0 Å². The number of hydrogen-bond donors (Lipinski definition) is 2. The molecule has 3 N–H and O–H groups in total. The van der Waals surface area contributed by atoms with Crippen molar-refractivity contribution in [3.05, 3.63) is 83.8 Å². The quantitative estimate of drug-likeness (QED) is 0.259. The van der Waals surface area contributed by atoms with E-state index in [1.165, 1.54) is 16.8 Å². The number of hydrazone groups is 1. The van der Waals surface area contributed by atoms with Crippen LogP contribution >= 0.6 is 12.2 Å². The first-order valence-electron chi connectivity index (χ1n) is 11.5. The highest BCUT2D eigenvalue weighted by Gasteiger charge is 2.20. The summed E-state index contributed by atoms with van der Waals surface area (Å²) in [4.78, 5) is 15.7. The number of para-hydroxylation sites is 1. The monoisotopic (exact) mass is 472 g/mol. The van der Waals surface area contributed by atoms with Gasteiger partial charge in [0.2, 0.25) is 0 Å². The van der Waals surface area contributed by atoms with E-state index in [1.807, 2.05) is 6.07 Å². The average molecular weight is 473 g/mol. The molecule has 2 aromatic carbocycles. The number of benzene rings is 2. The van der Waals surface area contributed by atoms with E-state index in [9.17, 15) is 0 Å². The normalized spacial score (nSPS) is 16.2. The smallest absolute Gasteiger partial charge is 0.189 e. The summed E-state index contributed by atoms with van der Waals surface area (Å²) in [5, 5.41) is 4.86. The number of thiocarbonyl (C=S) groups is 1. The molecule has 0 aliphatic carbocycles. The van der Waals surface area contributed by atoms with Gasteiger partial charge in [-0.25, -0.2) is 4.98 Å². The first-order chi connectivity index (χ1) is 16.7. The number of aromatic nitrogens is 2. The summed E-state index contributed by atoms with van der Waals surface area (Å²) < 4.78 is 0. The third-order valence-electron chi connectivity index (χ3n) is 6.30. The molecule has 5 rings (SSSR count). The van der Waals surface area contributed by atoms with Crippen molar-refractivity contribution in [3.8, 4) is 0 Å². The molecule has 3 aromatic rings. The Kier molecular flexibility index (Phi) is 6.53. The van der Waals surface area contributed by atoms with Crippen LogP contribution in [0.1, 0.15) is 16.8 Å². The number of rotatable bonds is 4. The first kappa shape index (κ1) is 22.1. The molecular weight excluding hydrogens is 444 g/mol. The molecule has 0 radical (unpaired) electrons. The highest BCUT2D eigenvalue weighted by Crippen LogP contribution is 2.22. The number of nitrogens with two attached hydrogens (primary N) is 1. The van der Waals surface area contributed by atoms with Gasteiger partial charge >= 0.3 is 0 Å². The van der Waals surface area contributed by atoms with E-state index in [1.54, 1.807) is 12.4 Å². The lowest BCUT2D eigenvalue weighted by molar-refractivity contribution is 0.381. The lowest BCUT2D eigenvalue weighted by atomic mass is 10.00. The highest BCUT2D eigenvalue weighted by atomic mass is 32.1. The summed E-state index contributed by atoms with van der Waals surface area (Å²) in [6.45, 7) is 5.14. The molecule has 2 aliphatic rings. The van der Waals surface area contributed by atoms with Crippen molar-refractivity contribution >= 4 is 34.7 Å². The van der Waals surface area contributed by atoms with Crippen molar-refractivity contribution in [2.24, 2.45) is 10.8 Å². The maximum absolute atomic E-state index is 6.23. The van der Waals surface area contributed by atoms with E-state index in [2.05, 4.69) is 78.7 Å². The first-order valence-corrected chi connectivity index (χ1v) is 11.9. The van der Waals surface area contributed by atoms with Gasteiger partial charge < -0.3 is 20.4 Å². The largest absolute Gasteiger partial charge is 0.380 e. The van der Waals surface area contributed by atoms with Gasteiger partial charge in [0.1, 0.15) is 11.5 Å². The van der Waals surface area contributed by atoms with Crippen LogP contribution in [0.4, 0.5) is 11.5 Å². The second-order valence-electron chi connectivity index (χ2n) is 8.43. The molecule has 8 nitrogen and oxygen atoms in total. The van der Waals surface area contributed by atoms with Crippen molar-refractivity contribution < 1.29 is 0 Å². The Hall–Kier alpha value is -3.72. The van der Waals surface area contributed by atoms with Crippen molar-refractivity contribution in [1.82, 2.24) is 20.3 Å². The van der Waals surface area contributed by atoms with Crippen LogP contribution < -0.4 is 21.0 Å². The average Bonchev–Trinajstić information content (AvgIpc) is 2.92. The van der Waals surface area contributed by atoms with Crippen LogP contribution in [0.2, 0.25) is 0 Å². The molecule has 1 saturated heterocycles. The second kappa shape index (κ2) is 10.0.